The van der Waals surface area contributed by atoms with Crippen LogP contribution in [-0.2, 0) is 18.6 Å². The van der Waals surface area contributed by atoms with Crippen molar-refractivity contribution in [2.75, 3.05) is 25.6 Å². The molecule has 0 aromatic carbocycles. The molecule has 0 amide bonds. The summed E-state index contributed by atoms with van der Waals surface area (Å²) in [4.78, 5) is 10.8. The quantitative estimate of drug-likeness (QED) is 0.365. The van der Waals surface area contributed by atoms with Crippen LogP contribution < -0.4 is 0 Å². The van der Waals surface area contributed by atoms with Gasteiger partial charge in [-0.2, -0.15) is 0 Å². The topological polar surface area (TPSA) is 52.6 Å². The summed E-state index contributed by atoms with van der Waals surface area (Å²) >= 11 is 1.36. The first-order valence-electron chi connectivity index (χ1n) is 5.54. The van der Waals surface area contributed by atoms with Crippen LogP contribution in [-0.4, -0.2) is 31.6 Å². The van der Waals surface area contributed by atoms with Gasteiger partial charge < -0.3 is 9.26 Å². The molecule has 1 atom stereocenters. The summed E-state index contributed by atoms with van der Waals surface area (Å²) in [5.41, 5.74) is 0. The Hall–Kier alpha value is 0.0100. The van der Waals surface area contributed by atoms with E-state index in [-0.39, 0.29) is 19.2 Å². The average molecular weight is 268 g/mol. The largest absolute Gasteiger partial charge is 0.463 e. The fraction of sp³-hybridized carbons (Fsp3) is 0.900. The zero-order chi connectivity index (χ0) is 12.4. The molecule has 96 valence electrons. The zero-order valence-corrected chi connectivity index (χ0v) is 11.9. The van der Waals surface area contributed by atoms with Gasteiger partial charge in [0.15, 0.2) is 0 Å². The highest BCUT2D eigenvalue weighted by Crippen LogP contribution is 2.56. The molecule has 0 rings (SSSR count). The fourth-order valence-electron chi connectivity index (χ4n) is 0.873. The third-order valence-electron chi connectivity index (χ3n) is 1.78. The maximum atomic E-state index is 11.8. The van der Waals surface area contributed by atoms with E-state index in [9.17, 15) is 9.36 Å². The first-order chi connectivity index (χ1) is 7.52. The molecule has 0 aliphatic carbocycles. The number of hydrogen-bond acceptors (Lipinski definition) is 5. The number of carbonyl (C=O) groups excluding carboxylic acids is 1. The van der Waals surface area contributed by atoms with Gasteiger partial charge in [-0.1, -0.05) is 31.7 Å². The van der Waals surface area contributed by atoms with Crippen LogP contribution in [0, 0.1) is 0 Å². The van der Waals surface area contributed by atoms with Crippen LogP contribution >= 0.6 is 18.0 Å². The van der Waals surface area contributed by atoms with E-state index < -0.39 is 6.57 Å². The summed E-state index contributed by atoms with van der Waals surface area (Å²) in [5, 5.41) is 0. The summed E-state index contributed by atoms with van der Waals surface area (Å²) in [6, 6.07) is 0. The van der Waals surface area contributed by atoms with E-state index in [2.05, 4.69) is 6.92 Å². The predicted octanol–water partition coefficient (Wildman–Crippen LogP) is 3.31. The van der Waals surface area contributed by atoms with Crippen molar-refractivity contribution in [1.82, 2.24) is 0 Å². The van der Waals surface area contributed by atoms with Crippen LogP contribution in [0.4, 0.5) is 0 Å². The number of unbranched alkanes of at least 4 members (excludes halogenated alkanes) is 1. The molecule has 0 heterocycles. The van der Waals surface area contributed by atoms with Crippen molar-refractivity contribution >= 4 is 23.9 Å². The lowest BCUT2D eigenvalue weighted by Crippen LogP contribution is -2.08. The molecule has 0 fully saturated rings. The average Bonchev–Trinajstić information content (AvgIpc) is 2.24. The Kier molecular flexibility index (Phi) is 9.09. The highest BCUT2D eigenvalue weighted by Gasteiger charge is 2.16. The van der Waals surface area contributed by atoms with Crippen molar-refractivity contribution in [1.29, 1.82) is 0 Å². The molecule has 1 unspecified atom stereocenters. The van der Waals surface area contributed by atoms with Crippen LogP contribution in [0.2, 0.25) is 0 Å². The van der Waals surface area contributed by atoms with Gasteiger partial charge in [-0.15, -0.1) is 0 Å². The number of hydrogen-bond donors (Lipinski definition) is 0. The van der Waals surface area contributed by atoms with E-state index in [1.165, 1.54) is 11.4 Å². The standard InChI is InChI=1S/C10H21O4PS/c1-4-6-9-16-15(3,12)14-8-7-13-10(11)5-2/h4-9H2,1-3H3. The highest BCUT2D eigenvalue weighted by molar-refractivity contribution is 8.56. The number of rotatable bonds is 9. The van der Waals surface area contributed by atoms with Crippen molar-refractivity contribution in [3.63, 3.8) is 0 Å². The predicted molar refractivity (Wildman–Crippen MR) is 68.1 cm³/mol. The summed E-state index contributed by atoms with van der Waals surface area (Å²) < 4.78 is 21.8. The third kappa shape index (κ3) is 9.25. The first kappa shape index (κ1) is 16.0. The smallest absolute Gasteiger partial charge is 0.305 e. The van der Waals surface area contributed by atoms with Crippen molar-refractivity contribution in [3.05, 3.63) is 0 Å². The summed E-state index contributed by atoms with van der Waals surface area (Å²) in [5.74, 6) is 0.590. The Balaban J connectivity index is 3.57. The number of ether oxygens (including phenoxy) is 1. The maximum absolute atomic E-state index is 11.8. The molecule has 0 saturated carbocycles. The normalized spacial score (nSPS) is 14.4. The third-order valence-corrected chi connectivity index (χ3v) is 5.65. The summed E-state index contributed by atoms with van der Waals surface area (Å²) in [6.45, 7) is 3.25. The molecule has 16 heavy (non-hydrogen) atoms. The monoisotopic (exact) mass is 268 g/mol. The molecule has 0 spiro atoms. The molecule has 4 nitrogen and oxygen atoms in total. The van der Waals surface area contributed by atoms with Crippen LogP contribution in [0.15, 0.2) is 0 Å². The van der Waals surface area contributed by atoms with Gasteiger partial charge in [0.2, 0.25) is 0 Å². The van der Waals surface area contributed by atoms with Crippen molar-refractivity contribution in [3.8, 4) is 0 Å². The van der Waals surface area contributed by atoms with Crippen LogP contribution in [0.1, 0.15) is 33.1 Å². The Bertz CT molecular complexity index is 245. The van der Waals surface area contributed by atoms with E-state index in [4.69, 9.17) is 9.26 Å². The van der Waals surface area contributed by atoms with Gasteiger partial charge in [0.05, 0.1) is 6.61 Å². The highest BCUT2D eigenvalue weighted by atomic mass is 32.7. The van der Waals surface area contributed by atoms with E-state index in [1.54, 1.807) is 13.6 Å². The SMILES string of the molecule is CCCCSP(C)(=O)OCCOC(=O)CC. The first-order valence-corrected chi connectivity index (χ1v) is 9.20. The van der Waals surface area contributed by atoms with Crippen LogP contribution in [0.25, 0.3) is 0 Å². The Morgan fingerprint density at radius 2 is 2.00 bits per heavy atom. The summed E-state index contributed by atoms with van der Waals surface area (Å²) in [6.07, 6.45) is 2.48. The molecule has 0 aromatic heterocycles. The molecule has 6 heteroatoms. The second kappa shape index (κ2) is 9.08. The molecule has 0 aliphatic heterocycles. The Morgan fingerprint density at radius 3 is 2.56 bits per heavy atom. The van der Waals surface area contributed by atoms with Gasteiger partial charge in [0, 0.05) is 18.8 Å². The van der Waals surface area contributed by atoms with E-state index in [1.807, 2.05) is 0 Å². The van der Waals surface area contributed by atoms with Gasteiger partial charge in [-0.05, 0) is 6.42 Å². The minimum atomic E-state index is -2.57. The van der Waals surface area contributed by atoms with Gasteiger partial charge >= 0.3 is 5.97 Å². The van der Waals surface area contributed by atoms with E-state index in [0.29, 0.717) is 6.42 Å². The Morgan fingerprint density at radius 1 is 1.31 bits per heavy atom. The molecule has 0 bridgehead atoms. The van der Waals surface area contributed by atoms with Gasteiger partial charge in [-0.3, -0.25) is 9.36 Å². The van der Waals surface area contributed by atoms with Crippen LogP contribution in [0.3, 0.4) is 0 Å². The summed E-state index contributed by atoms with van der Waals surface area (Å²) in [7, 11) is 0. The second-order valence-corrected chi connectivity index (χ2v) is 8.60. The van der Waals surface area contributed by atoms with Gasteiger partial charge in [-0.25, -0.2) is 0 Å². The van der Waals surface area contributed by atoms with Gasteiger partial charge in [0.25, 0.3) is 6.57 Å². The minimum Gasteiger partial charge on any atom is -0.463 e. The molecule has 0 aliphatic rings. The van der Waals surface area contributed by atoms with Crippen LogP contribution in [0.5, 0.6) is 0 Å². The van der Waals surface area contributed by atoms with Crippen molar-refractivity contribution in [2.45, 2.75) is 33.1 Å². The van der Waals surface area contributed by atoms with Crippen molar-refractivity contribution in [2.24, 2.45) is 0 Å². The number of carbonyl (C=O) groups is 1. The molecule has 0 N–H and O–H groups in total. The fourth-order valence-corrected chi connectivity index (χ4v) is 3.93. The van der Waals surface area contributed by atoms with E-state index in [0.717, 1.165) is 18.6 Å². The van der Waals surface area contributed by atoms with Crippen molar-refractivity contribution < 1.29 is 18.6 Å². The maximum Gasteiger partial charge on any atom is 0.305 e. The lowest BCUT2D eigenvalue weighted by Gasteiger charge is -2.12. The zero-order valence-electron chi connectivity index (χ0n) is 10.2. The second-order valence-electron chi connectivity index (χ2n) is 3.37. The minimum absolute atomic E-state index is 0.179. The van der Waals surface area contributed by atoms with Gasteiger partial charge in [0.1, 0.15) is 6.61 Å². The molecule has 0 aromatic rings. The molecule has 0 radical (unpaired) electrons. The molecular weight excluding hydrogens is 247 g/mol. The van der Waals surface area contributed by atoms with E-state index >= 15 is 0 Å². The Labute approximate surface area is 102 Å². The lowest BCUT2D eigenvalue weighted by molar-refractivity contribution is -0.143. The number of esters is 1. The molecular formula is C10H21O4PS. The lowest BCUT2D eigenvalue weighted by atomic mass is 10.4. The molecule has 0 saturated heterocycles.